The number of aromatic nitrogens is 2. The molecule has 0 aromatic carbocycles. The number of nitrogens with zero attached hydrogens (tertiary/aromatic N) is 2. The minimum Gasteiger partial charge on any atom is -0.349 e. The third-order valence-electron chi connectivity index (χ3n) is 4.65. The summed E-state index contributed by atoms with van der Waals surface area (Å²) in [5, 5.41) is 10.9. The fraction of sp³-hybridized carbons (Fsp3) is 0.733. The molecule has 2 N–H and O–H groups in total. The number of amides is 1. The first-order valence-corrected chi connectivity index (χ1v) is 7.75. The van der Waals surface area contributed by atoms with Crippen molar-refractivity contribution in [3.63, 3.8) is 0 Å². The van der Waals surface area contributed by atoms with Crippen LogP contribution in [0.4, 0.5) is 0 Å². The number of fused-ring (bicyclic) bond motifs is 1. The summed E-state index contributed by atoms with van der Waals surface area (Å²) in [7, 11) is 1.98. The van der Waals surface area contributed by atoms with Gasteiger partial charge in [-0.1, -0.05) is 0 Å². The molecule has 3 rings (SSSR count). The van der Waals surface area contributed by atoms with Gasteiger partial charge in [0.1, 0.15) is 0 Å². The fourth-order valence-corrected chi connectivity index (χ4v) is 3.42. The van der Waals surface area contributed by atoms with Crippen LogP contribution < -0.4 is 10.6 Å². The van der Waals surface area contributed by atoms with E-state index < -0.39 is 0 Å². The van der Waals surface area contributed by atoms with Gasteiger partial charge in [-0.2, -0.15) is 5.10 Å². The van der Waals surface area contributed by atoms with Crippen LogP contribution in [0, 0.1) is 5.92 Å². The topological polar surface area (TPSA) is 59.0 Å². The maximum atomic E-state index is 12.1. The Morgan fingerprint density at radius 2 is 2.38 bits per heavy atom. The monoisotopic (exact) mass is 312 g/mol. The van der Waals surface area contributed by atoms with E-state index in [1.165, 1.54) is 17.7 Å². The van der Waals surface area contributed by atoms with Crippen LogP contribution in [0.1, 0.15) is 49.4 Å². The molecular formula is C15H25ClN4O. The summed E-state index contributed by atoms with van der Waals surface area (Å²) >= 11 is 0. The highest BCUT2D eigenvalue weighted by atomic mass is 35.5. The molecule has 2 heterocycles. The zero-order valence-electron chi connectivity index (χ0n) is 12.6. The molecule has 5 nitrogen and oxygen atoms in total. The number of carbonyl (C=O) groups excluding carboxylic acids is 1. The van der Waals surface area contributed by atoms with Gasteiger partial charge in [-0.25, -0.2) is 0 Å². The molecule has 1 amide bonds. The van der Waals surface area contributed by atoms with Gasteiger partial charge in [0.2, 0.25) is 5.91 Å². The maximum absolute atomic E-state index is 12.1. The van der Waals surface area contributed by atoms with E-state index in [9.17, 15) is 4.79 Å². The van der Waals surface area contributed by atoms with Crippen molar-refractivity contribution in [2.45, 2.75) is 44.6 Å². The van der Waals surface area contributed by atoms with Gasteiger partial charge < -0.3 is 10.6 Å². The summed E-state index contributed by atoms with van der Waals surface area (Å²) in [6.45, 7) is 2.18. The number of rotatable bonds is 4. The van der Waals surface area contributed by atoms with Crippen LogP contribution in [0.5, 0.6) is 0 Å². The van der Waals surface area contributed by atoms with E-state index in [-0.39, 0.29) is 24.4 Å². The quantitative estimate of drug-likeness (QED) is 0.890. The average Bonchev–Trinajstić information content (AvgIpc) is 3.08. The summed E-state index contributed by atoms with van der Waals surface area (Å²) in [4.78, 5) is 12.1. The van der Waals surface area contributed by atoms with E-state index >= 15 is 0 Å². The summed E-state index contributed by atoms with van der Waals surface area (Å²) in [5.74, 6) is 0.875. The molecule has 1 aliphatic heterocycles. The van der Waals surface area contributed by atoms with Crippen LogP contribution in [0.15, 0.2) is 6.20 Å². The first kappa shape index (κ1) is 16.3. The predicted molar refractivity (Wildman–Crippen MR) is 84.5 cm³/mol. The molecular weight excluding hydrogens is 288 g/mol. The molecule has 1 fully saturated rings. The van der Waals surface area contributed by atoms with Gasteiger partial charge in [-0.05, 0) is 51.1 Å². The van der Waals surface area contributed by atoms with E-state index in [1.54, 1.807) is 0 Å². The maximum Gasteiger partial charge on any atom is 0.220 e. The second kappa shape index (κ2) is 7.27. The Balaban J connectivity index is 0.00000161. The van der Waals surface area contributed by atoms with Crippen molar-refractivity contribution in [2.75, 3.05) is 13.1 Å². The molecule has 2 aliphatic rings. The van der Waals surface area contributed by atoms with Crippen molar-refractivity contribution >= 4 is 18.3 Å². The minimum absolute atomic E-state index is 0. The van der Waals surface area contributed by atoms with Gasteiger partial charge >= 0.3 is 0 Å². The van der Waals surface area contributed by atoms with Crippen LogP contribution in [-0.2, 0) is 18.3 Å². The molecule has 1 aliphatic carbocycles. The molecule has 6 heteroatoms. The Kier molecular flexibility index (Phi) is 5.65. The Labute approximate surface area is 132 Å². The highest BCUT2D eigenvalue weighted by Crippen LogP contribution is 2.29. The van der Waals surface area contributed by atoms with E-state index in [0.29, 0.717) is 12.3 Å². The largest absolute Gasteiger partial charge is 0.349 e. The minimum atomic E-state index is 0. The van der Waals surface area contributed by atoms with Crippen molar-refractivity contribution in [1.29, 1.82) is 0 Å². The van der Waals surface area contributed by atoms with Crippen molar-refractivity contribution < 1.29 is 4.79 Å². The van der Waals surface area contributed by atoms with Crippen LogP contribution in [0.25, 0.3) is 0 Å². The molecule has 2 atom stereocenters. The lowest BCUT2D eigenvalue weighted by Gasteiger charge is -2.24. The summed E-state index contributed by atoms with van der Waals surface area (Å²) in [6.07, 6.45) is 8.03. The molecule has 0 radical (unpaired) electrons. The van der Waals surface area contributed by atoms with E-state index in [2.05, 4.69) is 15.7 Å². The number of aryl methyl sites for hydroxylation is 1. The van der Waals surface area contributed by atoms with Crippen LogP contribution in [-0.4, -0.2) is 28.8 Å². The Hall–Kier alpha value is -1.07. The van der Waals surface area contributed by atoms with Crippen LogP contribution in [0.3, 0.4) is 0 Å². The summed E-state index contributed by atoms with van der Waals surface area (Å²) < 4.78 is 1.94. The van der Waals surface area contributed by atoms with Crippen LogP contribution in [0.2, 0.25) is 0 Å². The van der Waals surface area contributed by atoms with E-state index in [1.807, 2.05) is 17.9 Å². The van der Waals surface area contributed by atoms with E-state index in [0.717, 1.165) is 38.8 Å². The van der Waals surface area contributed by atoms with E-state index in [4.69, 9.17) is 0 Å². The third-order valence-corrected chi connectivity index (χ3v) is 4.65. The molecule has 2 unspecified atom stereocenters. The van der Waals surface area contributed by atoms with Crippen molar-refractivity contribution in [1.82, 2.24) is 20.4 Å². The van der Waals surface area contributed by atoms with Crippen molar-refractivity contribution in [2.24, 2.45) is 13.0 Å². The lowest BCUT2D eigenvalue weighted by molar-refractivity contribution is -0.122. The highest BCUT2D eigenvalue weighted by molar-refractivity contribution is 5.85. The molecule has 0 spiro atoms. The molecule has 1 saturated heterocycles. The SMILES string of the molecule is Cl.Cn1ncc2c1CCCC2NC(=O)CCC1CCNC1. The molecule has 21 heavy (non-hydrogen) atoms. The summed E-state index contributed by atoms with van der Waals surface area (Å²) in [5.41, 5.74) is 2.50. The number of nitrogens with one attached hydrogen (secondary N) is 2. The van der Waals surface area contributed by atoms with Gasteiger partial charge in [-0.15, -0.1) is 12.4 Å². The number of hydrogen-bond donors (Lipinski definition) is 2. The molecule has 0 bridgehead atoms. The average molecular weight is 313 g/mol. The number of carbonyl (C=O) groups is 1. The molecule has 1 aromatic rings. The number of halogens is 1. The fourth-order valence-electron chi connectivity index (χ4n) is 3.42. The Morgan fingerprint density at radius 1 is 1.52 bits per heavy atom. The number of hydrogen-bond acceptors (Lipinski definition) is 3. The predicted octanol–water partition coefficient (Wildman–Crippen LogP) is 1.73. The lowest BCUT2D eigenvalue weighted by Crippen LogP contribution is -2.31. The van der Waals surface area contributed by atoms with Gasteiger partial charge in [-0.3, -0.25) is 9.48 Å². The summed E-state index contributed by atoms with van der Waals surface area (Å²) in [6, 6.07) is 0.168. The first-order chi connectivity index (χ1) is 9.74. The molecule has 0 saturated carbocycles. The van der Waals surface area contributed by atoms with Gasteiger partial charge in [0.25, 0.3) is 0 Å². The van der Waals surface area contributed by atoms with Gasteiger partial charge in [0, 0.05) is 24.7 Å². The smallest absolute Gasteiger partial charge is 0.220 e. The third kappa shape index (κ3) is 3.77. The molecule has 1 aromatic heterocycles. The Morgan fingerprint density at radius 3 is 3.14 bits per heavy atom. The van der Waals surface area contributed by atoms with Crippen molar-refractivity contribution in [3.8, 4) is 0 Å². The van der Waals surface area contributed by atoms with Crippen LogP contribution >= 0.6 is 12.4 Å². The molecule has 118 valence electrons. The van der Waals surface area contributed by atoms with Crippen molar-refractivity contribution in [3.05, 3.63) is 17.5 Å². The zero-order valence-corrected chi connectivity index (χ0v) is 13.4. The van der Waals surface area contributed by atoms with Gasteiger partial charge in [0.05, 0.1) is 12.2 Å². The lowest BCUT2D eigenvalue weighted by atomic mass is 9.92. The second-order valence-corrected chi connectivity index (χ2v) is 6.08. The Bertz CT molecular complexity index is 482. The second-order valence-electron chi connectivity index (χ2n) is 6.08. The normalized spacial score (nSPS) is 24.2. The standard InChI is InChI=1S/C15H24N4O.ClH/c1-19-14-4-2-3-13(12(14)10-17-19)18-15(20)6-5-11-7-8-16-9-11;/h10-11,13,16H,2-9H2,1H3,(H,18,20);1H. The highest BCUT2D eigenvalue weighted by Gasteiger charge is 2.25. The zero-order chi connectivity index (χ0) is 13.9. The van der Waals surface area contributed by atoms with Gasteiger partial charge in [0.15, 0.2) is 0 Å². The first-order valence-electron chi connectivity index (χ1n) is 7.75.